The van der Waals surface area contributed by atoms with Crippen LogP contribution in [0.15, 0.2) is 0 Å². The first kappa shape index (κ1) is 14.8. The second-order valence-electron chi connectivity index (χ2n) is 4.45. The van der Waals surface area contributed by atoms with Crippen molar-refractivity contribution in [3.63, 3.8) is 0 Å². The summed E-state index contributed by atoms with van der Waals surface area (Å²) in [5, 5.41) is 6.94. The molecule has 0 spiro atoms. The number of rotatable bonds is 7. The SMILES string of the molecule is COCCNCC(=O)NC1CCC(SC)CC1. The summed E-state index contributed by atoms with van der Waals surface area (Å²) in [4.78, 5) is 11.6. The first-order valence-electron chi connectivity index (χ1n) is 6.28. The molecule has 2 N–H and O–H groups in total. The predicted molar refractivity (Wildman–Crippen MR) is 72.4 cm³/mol. The number of carbonyl (C=O) groups excluding carboxylic acids is 1. The number of ether oxygens (including phenoxy) is 1. The molecule has 4 nitrogen and oxygen atoms in total. The Balaban J connectivity index is 2.06. The molecule has 1 rings (SSSR count). The van der Waals surface area contributed by atoms with E-state index in [1.807, 2.05) is 11.8 Å². The van der Waals surface area contributed by atoms with Gasteiger partial charge in [-0.15, -0.1) is 0 Å². The van der Waals surface area contributed by atoms with Crippen LogP contribution < -0.4 is 10.6 Å². The fraction of sp³-hybridized carbons (Fsp3) is 0.917. The lowest BCUT2D eigenvalue weighted by Crippen LogP contribution is -2.42. The van der Waals surface area contributed by atoms with Crippen molar-refractivity contribution in [2.24, 2.45) is 0 Å². The maximum absolute atomic E-state index is 11.6. The number of hydrogen-bond acceptors (Lipinski definition) is 4. The van der Waals surface area contributed by atoms with E-state index in [9.17, 15) is 4.79 Å². The van der Waals surface area contributed by atoms with E-state index in [0.717, 1.165) is 24.6 Å². The van der Waals surface area contributed by atoms with Crippen molar-refractivity contribution in [2.75, 3.05) is 33.1 Å². The minimum atomic E-state index is 0.105. The Hall–Kier alpha value is -0.260. The molecule has 0 aromatic carbocycles. The monoisotopic (exact) mass is 260 g/mol. The van der Waals surface area contributed by atoms with E-state index in [2.05, 4.69) is 16.9 Å². The lowest BCUT2D eigenvalue weighted by molar-refractivity contribution is -0.121. The van der Waals surface area contributed by atoms with Crippen molar-refractivity contribution in [3.8, 4) is 0 Å². The lowest BCUT2D eigenvalue weighted by Gasteiger charge is -2.28. The highest BCUT2D eigenvalue weighted by Gasteiger charge is 2.21. The van der Waals surface area contributed by atoms with Crippen LogP contribution in [-0.4, -0.2) is 50.3 Å². The van der Waals surface area contributed by atoms with Gasteiger partial charge in [0.1, 0.15) is 0 Å². The van der Waals surface area contributed by atoms with Crippen molar-refractivity contribution in [3.05, 3.63) is 0 Å². The number of methoxy groups -OCH3 is 1. The van der Waals surface area contributed by atoms with Gasteiger partial charge < -0.3 is 15.4 Å². The molecule has 0 saturated heterocycles. The second-order valence-corrected chi connectivity index (χ2v) is 5.58. The Bertz CT molecular complexity index is 219. The fourth-order valence-electron chi connectivity index (χ4n) is 2.10. The highest BCUT2D eigenvalue weighted by atomic mass is 32.2. The molecule has 0 heterocycles. The highest BCUT2D eigenvalue weighted by molar-refractivity contribution is 7.99. The zero-order chi connectivity index (χ0) is 12.5. The summed E-state index contributed by atoms with van der Waals surface area (Å²) in [7, 11) is 1.66. The molecule has 0 aliphatic heterocycles. The number of hydrogen-bond donors (Lipinski definition) is 2. The number of carbonyl (C=O) groups is 1. The predicted octanol–water partition coefficient (Wildman–Crippen LogP) is 1.01. The number of nitrogens with one attached hydrogen (secondary N) is 2. The summed E-state index contributed by atoms with van der Waals surface area (Å²) >= 11 is 1.95. The Labute approximate surface area is 108 Å². The van der Waals surface area contributed by atoms with Gasteiger partial charge in [0.25, 0.3) is 0 Å². The molecule has 1 aliphatic rings. The van der Waals surface area contributed by atoms with Crippen LogP contribution in [0.25, 0.3) is 0 Å². The van der Waals surface area contributed by atoms with Gasteiger partial charge in [-0.1, -0.05) is 0 Å². The van der Waals surface area contributed by atoms with Crippen LogP contribution in [0, 0.1) is 0 Å². The fourth-order valence-corrected chi connectivity index (χ4v) is 2.84. The van der Waals surface area contributed by atoms with Crippen LogP contribution in [0.4, 0.5) is 0 Å². The molecule has 0 aromatic heterocycles. The topological polar surface area (TPSA) is 50.4 Å². The van der Waals surface area contributed by atoms with Gasteiger partial charge in [0.15, 0.2) is 0 Å². The molecular weight excluding hydrogens is 236 g/mol. The molecule has 0 unspecified atom stereocenters. The van der Waals surface area contributed by atoms with Gasteiger partial charge in [0.2, 0.25) is 5.91 Å². The van der Waals surface area contributed by atoms with Crippen LogP contribution in [0.1, 0.15) is 25.7 Å². The molecule has 1 aliphatic carbocycles. The van der Waals surface area contributed by atoms with Crippen LogP contribution in [0.3, 0.4) is 0 Å². The normalized spacial score (nSPS) is 24.6. The third-order valence-corrected chi connectivity index (χ3v) is 4.28. The van der Waals surface area contributed by atoms with Gasteiger partial charge in [-0.05, 0) is 31.9 Å². The highest BCUT2D eigenvalue weighted by Crippen LogP contribution is 2.26. The van der Waals surface area contributed by atoms with E-state index in [0.29, 0.717) is 19.2 Å². The van der Waals surface area contributed by atoms with Crippen LogP contribution in [-0.2, 0) is 9.53 Å². The molecule has 100 valence electrons. The Morgan fingerprint density at radius 2 is 2.06 bits per heavy atom. The molecule has 5 heteroatoms. The van der Waals surface area contributed by atoms with Crippen molar-refractivity contribution < 1.29 is 9.53 Å². The zero-order valence-corrected chi connectivity index (χ0v) is 11.6. The minimum absolute atomic E-state index is 0.105. The standard InChI is InChI=1S/C12H24N2O2S/c1-16-8-7-13-9-12(15)14-10-3-5-11(17-2)6-4-10/h10-11,13H,3-9H2,1-2H3,(H,14,15). The van der Waals surface area contributed by atoms with Gasteiger partial charge in [0, 0.05) is 24.9 Å². The summed E-state index contributed by atoms with van der Waals surface area (Å²) in [6, 6.07) is 0.384. The van der Waals surface area contributed by atoms with E-state index < -0.39 is 0 Å². The van der Waals surface area contributed by atoms with Crippen LogP contribution in [0.5, 0.6) is 0 Å². The van der Waals surface area contributed by atoms with E-state index in [1.54, 1.807) is 7.11 Å². The van der Waals surface area contributed by atoms with Gasteiger partial charge in [-0.25, -0.2) is 0 Å². The van der Waals surface area contributed by atoms with Crippen LogP contribution in [0.2, 0.25) is 0 Å². The largest absolute Gasteiger partial charge is 0.383 e. The summed E-state index contributed by atoms with van der Waals surface area (Å²) in [6.45, 7) is 1.76. The van der Waals surface area contributed by atoms with E-state index in [-0.39, 0.29) is 5.91 Å². The van der Waals surface area contributed by atoms with Crippen molar-refractivity contribution in [1.82, 2.24) is 10.6 Å². The van der Waals surface area contributed by atoms with E-state index >= 15 is 0 Å². The second kappa shape index (κ2) is 8.78. The van der Waals surface area contributed by atoms with Crippen molar-refractivity contribution in [1.29, 1.82) is 0 Å². The van der Waals surface area contributed by atoms with Gasteiger partial charge in [0.05, 0.1) is 13.2 Å². The molecule has 0 aromatic rings. The zero-order valence-electron chi connectivity index (χ0n) is 10.8. The minimum Gasteiger partial charge on any atom is -0.383 e. The lowest BCUT2D eigenvalue weighted by atomic mass is 9.95. The first-order chi connectivity index (χ1) is 8.26. The Morgan fingerprint density at radius 3 is 2.65 bits per heavy atom. The first-order valence-corrected chi connectivity index (χ1v) is 7.57. The summed E-state index contributed by atoms with van der Waals surface area (Å²) in [5.74, 6) is 0.105. The summed E-state index contributed by atoms with van der Waals surface area (Å²) < 4.78 is 4.90. The van der Waals surface area contributed by atoms with Crippen LogP contribution >= 0.6 is 11.8 Å². The third kappa shape index (κ3) is 6.29. The Kier molecular flexibility index (Phi) is 7.64. The number of thioether (sulfide) groups is 1. The molecule has 1 amide bonds. The van der Waals surface area contributed by atoms with E-state index in [1.165, 1.54) is 12.8 Å². The number of amides is 1. The molecule has 0 radical (unpaired) electrons. The van der Waals surface area contributed by atoms with Gasteiger partial charge in [-0.3, -0.25) is 4.79 Å². The van der Waals surface area contributed by atoms with E-state index in [4.69, 9.17) is 4.74 Å². The summed E-state index contributed by atoms with van der Waals surface area (Å²) in [5.41, 5.74) is 0. The summed E-state index contributed by atoms with van der Waals surface area (Å²) in [6.07, 6.45) is 6.86. The van der Waals surface area contributed by atoms with Crippen molar-refractivity contribution >= 4 is 17.7 Å². The smallest absolute Gasteiger partial charge is 0.234 e. The maximum atomic E-state index is 11.6. The molecule has 1 fully saturated rings. The third-order valence-electron chi connectivity index (χ3n) is 3.14. The Morgan fingerprint density at radius 1 is 1.35 bits per heavy atom. The quantitative estimate of drug-likeness (QED) is 0.671. The average Bonchev–Trinajstić information content (AvgIpc) is 2.36. The van der Waals surface area contributed by atoms with Gasteiger partial charge in [-0.2, -0.15) is 11.8 Å². The molecule has 0 atom stereocenters. The molecular formula is C12H24N2O2S. The average molecular weight is 260 g/mol. The maximum Gasteiger partial charge on any atom is 0.234 e. The molecule has 1 saturated carbocycles. The molecule has 17 heavy (non-hydrogen) atoms. The van der Waals surface area contributed by atoms with Gasteiger partial charge >= 0.3 is 0 Å². The molecule has 0 bridgehead atoms. The van der Waals surface area contributed by atoms with Crippen molar-refractivity contribution in [2.45, 2.75) is 37.0 Å².